The summed E-state index contributed by atoms with van der Waals surface area (Å²) in [6.07, 6.45) is 2.26. The van der Waals surface area contributed by atoms with Crippen molar-refractivity contribution in [3.63, 3.8) is 0 Å². The van der Waals surface area contributed by atoms with Crippen LogP contribution in [0.2, 0.25) is 0 Å². The summed E-state index contributed by atoms with van der Waals surface area (Å²) in [5.41, 5.74) is 0.715. The normalized spacial score (nSPS) is 22.9. The summed E-state index contributed by atoms with van der Waals surface area (Å²) in [7, 11) is 0. The van der Waals surface area contributed by atoms with E-state index in [0.29, 0.717) is 23.6 Å². The highest BCUT2D eigenvalue weighted by molar-refractivity contribution is 5.85. The van der Waals surface area contributed by atoms with E-state index >= 15 is 0 Å². The van der Waals surface area contributed by atoms with E-state index in [1.54, 1.807) is 6.92 Å². The van der Waals surface area contributed by atoms with Gasteiger partial charge in [-0.25, -0.2) is 14.8 Å². The predicted octanol–water partition coefficient (Wildman–Crippen LogP) is 1.69. The Morgan fingerprint density at radius 2 is 2.38 bits per heavy atom. The Morgan fingerprint density at radius 3 is 2.94 bits per heavy atom. The largest absolute Gasteiger partial charge is 0.477 e. The number of carbonyl (C=O) groups is 1. The van der Waals surface area contributed by atoms with Crippen molar-refractivity contribution in [2.24, 2.45) is 5.92 Å². The van der Waals surface area contributed by atoms with E-state index in [1.807, 2.05) is 0 Å². The lowest BCUT2D eigenvalue weighted by Crippen LogP contribution is -2.11. The minimum absolute atomic E-state index is 0.0451. The number of aromatic nitrogens is 2. The fourth-order valence-corrected chi connectivity index (χ4v) is 1.78. The molecule has 2 unspecified atom stereocenters. The molecular weight excluding hydrogens is 206 g/mol. The second-order valence-electron chi connectivity index (χ2n) is 4.18. The fraction of sp³-hybridized carbons (Fsp3) is 0.545. The van der Waals surface area contributed by atoms with E-state index in [4.69, 9.17) is 5.11 Å². The fourth-order valence-electron chi connectivity index (χ4n) is 1.78. The number of anilines is 1. The molecule has 16 heavy (non-hydrogen) atoms. The minimum atomic E-state index is -1.02. The lowest BCUT2D eigenvalue weighted by atomic mass is 10.3. The number of rotatable bonds is 4. The first-order valence-corrected chi connectivity index (χ1v) is 5.45. The standard InChI is InChI=1S/C11H15N3O2/c1-3-7-5-8(7)13-11-12-6(2)4-9(14-11)10(15)16/h4,7-8H,3,5H2,1-2H3,(H,15,16)(H,12,13,14). The number of carboxylic acids is 1. The minimum Gasteiger partial charge on any atom is -0.477 e. The molecule has 1 aromatic heterocycles. The van der Waals surface area contributed by atoms with Crippen LogP contribution in [-0.4, -0.2) is 27.1 Å². The molecule has 86 valence electrons. The van der Waals surface area contributed by atoms with Crippen LogP contribution in [0, 0.1) is 12.8 Å². The van der Waals surface area contributed by atoms with Crippen molar-refractivity contribution in [2.45, 2.75) is 32.7 Å². The summed E-state index contributed by atoms with van der Waals surface area (Å²) in [4.78, 5) is 18.9. The van der Waals surface area contributed by atoms with Crippen molar-refractivity contribution < 1.29 is 9.90 Å². The zero-order valence-electron chi connectivity index (χ0n) is 9.40. The maximum atomic E-state index is 10.8. The molecule has 1 aromatic rings. The molecule has 2 rings (SSSR count). The monoisotopic (exact) mass is 221 g/mol. The van der Waals surface area contributed by atoms with E-state index in [1.165, 1.54) is 6.07 Å². The Hall–Kier alpha value is -1.65. The Bertz CT molecular complexity index is 420. The number of hydrogen-bond acceptors (Lipinski definition) is 4. The van der Waals surface area contributed by atoms with Gasteiger partial charge in [-0.15, -0.1) is 0 Å². The first kappa shape index (κ1) is 10.9. The molecule has 2 atom stereocenters. The van der Waals surface area contributed by atoms with Crippen molar-refractivity contribution in [1.29, 1.82) is 0 Å². The van der Waals surface area contributed by atoms with Gasteiger partial charge in [-0.2, -0.15) is 0 Å². The van der Waals surface area contributed by atoms with Crippen LogP contribution in [0.4, 0.5) is 5.95 Å². The van der Waals surface area contributed by atoms with Crippen molar-refractivity contribution in [3.05, 3.63) is 17.5 Å². The Morgan fingerprint density at radius 1 is 1.62 bits per heavy atom. The molecule has 0 aliphatic heterocycles. The molecule has 1 saturated carbocycles. The van der Waals surface area contributed by atoms with Crippen LogP contribution in [0.1, 0.15) is 35.9 Å². The van der Waals surface area contributed by atoms with Gasteiger partial charge in [0.05, 0.1) is 0 Å². The molecule has 0 spiro atoms. The average molecular weight is 221 g/mol. The molecule has 2 N–H and O–H groups in total. The van der Waals surface area contributed by atoms with Crippen LogP contribution >= 0.6 is 0 Å². The molecule has 1 fully saturated rings. The molecule has 0 amide bonds. The molecule has 1 heterocycles. The molecule has 1 aliphatic rings. The van der Waals surface area contributed by atoms with E-state index < -0.39 is 5.97 Å². The third-order valence-corrected chi connectivity index (χ3v) is 2.83. The van der Waals surface area contributed by atoms with Gasteiger partial charge in [0, 0.05) is 11.7 Å². The number of hydrogen-bond donors (Lipinski definition) is 2. The Kier molecular flexibility index (Phi) is 2.77. The van der Waals surface area contributed by atoms with Gasteiger partial charge < -0.3 is 10.4 Å². The van der Waals surface area contributed by atoms with Crippen LogP contribution in [-0.2, 0) is 0 Å². The number of nitrogens with zero attached hydrogens (tertiary/aromatic N) is 2. The van der Waals surface area contributed by atoms with Gasteiger partial charge in [-0.3, -0.25) is 0 Å². The number of aromatic carboxylic acids is 1. The summed E-state index contributed by atoms with van der Waals surface area (Å²) in [6, 6.07) is 1.88. The smallest absolute Gasteiger partial charge is 0.354 e. The SMILES string of the molecule is CCC1CC1Nc1nc(C)cc(C(=O)O)n1. The third-order valence-electron chi connectivity index (χ3n) is 2.83. The molecule has 0 aromatic carbocycles. The number of aryl methyl sites for hydroxylation is 1. The van der Waals surface area contributed by atoms with Gasteiger partial charge in [-0.1, -0.05) is 13.3 Å². The van der Waals surface area contributed by atoms with Crippen molar-refractivity contribution in [2.75, 3.05) is 5.32 Å². The van der Waals surface area contributed by atoms with Crippen LogP contribution in [0.25, 0.3) is 0 Å². The highest BCUT2D eigenvalue weighted by Gasteiger charge is 2.35. The first-order valence-electron chi connectivity index (χ1n) is 5.45. The highest BCUT2D eigenvalue weighted by Crippen LogP contribution is 2.35. The number of carboxylic acid groups (broad SMARTS) is 1. The Labute approximate surface area is 93.9 Å². The van der Waals surface area contributed by atoms with E-state index in [-0.39, 0.29) is 5.69 Å². The summed E-state index contributed by atoms with van der Waals surface area (Å²) >= 11 is 0. The lowest BCUT2D eigenvalue weighted by Gasteiger charge is -2.05. The van der Waals surface area contributed by atoms with Gasteiger partial charge in [0.1, 0.15) is 0 Å². The van der Waals surface area contributed by atoms with Gasteiger partial charge in [0.2, 0.25) is 5.95 Å². The average Bonchev–Trinajstić information content (AvgIpc) is 2.95. The summed E-state index contributed by atoms with van der Waals surface area (Å²) in [5.74, 6) is 0.0899. The molecule has 5 heteroatoms. The summed E-state index contributed by atoms with van der Waals surface area (Å²) in [5, 5.41) is 12.0. The highest BCUT2D eigenvalue weighted by atomic mass is 16.4. The van der Waals surface area contributed by atoms with Gasteiger partial charge >= 0.3 is 5.97 Å². The lowest BCUT2D eigenvalue weighted by molar-refractivity contribution is 0.0690. The maximum Gasteiger partial charge on any atom is 0.354 e. The molecule has 5 nitrogen and oxygen atoms in total. The van der Waals surface area contributed by atoms with Gasteiger partial charge in [0.15, 0.2) is 5.69 Å². The van der Waals surface area contributed by atoms with Crippen LogP contribution in [0.5, 0.6) is 0 Å². The third kappa shape index (κ3) is 2.29. The van der Waals surface area contributed by atoms with Crippen molar-refractivity contribution in [1.82, 2.24) is 9.97 Å². The van der Waals surface area contributed by atoms with Crippen molar-refractivity contribution in [3.8, 4) is 0 Å². The van der Waals surface area contributed by atoms with E-state index in [9.17, 15) is 4.79 Å². The van der Waals surface area contributed by atoms with Crippen molar-refractivity contribution >= 4 is 11.9 Å². The summed E-state index contributed by atoms with van der Waals surface area (Å²) in [6.45, 7) is 3.91. The molecule has 1 aliphatic carbocycles. The second kappa shape index (κ2) is 4.08. The topological polar surface area (TPSA) is 75.1 Å². The number of nitrogens with one attached hydrogen (secondary N) is 1. The zero-order chi connectivity index (χ0) is 11.7. The molecule has 0 radical (unpaired) electrons. The zero-order valence-corrected chi connectivity index (χ0v) is 9.40. The maximum absolute atomic E-state index is 10.8. The van der Waals surface area contributed by atoms with Crippen LogP contribution < -0.4 is 5.32 Å². The summed E-state index contributed by atoms with van der Waals surface area (Å²) < 4.78 is 0. The van der Waals surface area contributed by atoms with E-state index in [0.717, 1.165) is 12.8 Å². The Balaban J connectivity index is 2.12. The quantitative estimate of drug-likeness (QED) is 0.809. The second-order valence-corrected chi connectivity index (χ2v) is 4.18. The van der Waals surface area contributed by atoms with Gasteiger partial charge in [-0.05, 0) is 25.3 Å². The van der Waals surface area contributed by atoms with E-state index in [2.05, 4.69) is 22.2 Å². The molecule has 0 saturated heterocycles. The van der Waals surface area contributed by atoms with Crippen LogP contribution in [0.15, 0.2) is 6.07 Å². The molecule has 0 bridgehead atoms. The molecular formula is C11H15N3O2. The first-order chi connectivity index (χ1) is 7.60. The predicted molar refractivity (Wildman–Crippen MR) is 59.5 cm³/mol. The van der Waals surface area contributed by atoms with Gasteiger partial charge in [0.25, 0.3) is 0 Å². The van der Waals surface area contributed by atoms with Crippen LogP contribution in [0.3, 0.4) is 0 Å².